The number of nitrogens with zero attached hydrogens (tertiary/aromatic N) is 1. The number of likely N-dealkylation sites (tertiary alicyclic amines) is 1. The van der Waals surface area contributed by atoms with Crippen LogP contribution < -0.4 is 0 Å². The Kier molecular flexibility index (Phi) is 3.50. The van der Waals surface area contributed by atoms with Crippen LogP contribution in [0.3, 0.4) is 0 Å². The smallest absolute Gasteiger partial charge is 0.0503 e. The standard InChI is InChI=1S/C11H20BrNO/c1-14-7-10-2-5-13(6-10)9-11(8-12)3-4-11/h10H,2-9H2,1H3. The summed E-state index contributed by atoms with van der Waals surface area (Å²) in [7, 11) is 1.81. The van der Waals surface area contributed by atoms with Gasteiger partial charge in [0.2, 0.25) is 0 Å². The maximum Gasteiger partial charge on any atom is 0.0503 e. The molecule has 0 radical (unpaired) electrons. The highest BCUT2D eigenvalue weighted by Gasteiger charge is 2.43. The number of hydrogen-bond donors (Lipinski definition) is 0. The van der Waals surface area contributed by atoms with Gasteiger partial charge >= 0.3 is 0 Å². The highest BCUT2D eigenvalue weighted by molar-refractivity contribution is 9.09. The van der Waals surface area contributed by atoms with Crippen molar-refractivity contribution < 1.29 is 4.74 Å². The molecule has 1 heterocycles. The maximum absolute atomic E-state index is 5.21. The fraction of sp³-hybridized carbons (Fsp3) is 1.00. The van der Waals surface area contributed by atoms with Crippen molar-refractivity contribution >= 4 is 15.9 Å². The Balaban J connectivity index is 1.73. The number of rotatable bonds is 5. The predicted molar refractivity (Wildman–Crippen MR) is 61.9 cm³/mol. The van der Waals surface area contributed by atoms with Gasteiger partial charge in [0, 0.05) is 25.5 Å². The van der Waals surface area contributed by atoms with Gasteiger partial charge in [-0.1, -0.05) is 15.9 Å². The first-order valence-electron chi connectivity index (χ1n) is 5.55. The van der Waals surface area contributed by atoms with Crippen molar-refractivity contribution in [2.45, 2.75) is 19.3 Å². The molecule has 1 saturated heterocycles. The van der Waals surface area contributed by atoms with Crippen LogP contribution >= 0.6 is 15.9 Å². The SMILES string of the molecule is COCC1CCN(CC2(CBr)CC2)C1. The van der Waals surface area contributed by atoms with Crippen LogP contribution in [0.2, 0.25) is 0 Å². The molecule has 1 atom stereocenters. The lowest BCUT2D eigenvalue weighted by molar-refractivity contribution is 0.151. The maximum atomic E-state index is 5.21. The van der Waals surface area contributed by atoms with Gasteiger partial charge in [0.25, 0.3) is 0 Å². The zero-order valence-electron chi connectivity index (χ0n) is 8.97. The number of methoxy groups -OCH3 is 1. The molecule has 2 fully saturated rings. The van der Waals surface area contributed by atoms with Crippen LogP contribution in [0.5, 0.6) is 0 Å². The molecule has 2 nitrogen and oxygen atoms in total. The van der Waals surface area contributed by atoms with E-state index in [4.69, 9.17) is 4.74 Å². The van der Waals surface area contributed by atoms with E-state index >= 15 is 0 Å². The van der Waals surface area contributed by atoms with Gasteiger partial charge in [-0.15, -0.1) is 0 Å². The number of hydrogen-bond acceptors (Lipinski definition) is 2. The fourth-order valence-electron chi connectivity index (χ4n) is 2.41. The molecule has 2 rings (SSSR count). The van der Waals surface area contributed by atoms with Crippen molar-refractivity contribution in [3.8, 4) is 0 Å². The Hall–Kier alpha value is 0.400. The molecule has 1 saturated carbocycles. The minimum Gasteiger partial charge on any atom is -0.384 e. The number of halogens is 1. The normalized spacial score (nSPS) is 30.9. The Morgan fingerprint density at radius 3 is 2.86 bits per heavy atom. The number of alkyl halides is 1. The third kappa shape index (κ3) is 2.50. The van der Waals surface area contributed by atoms with Gasteiger partial charge in [-0.25, -0.2) is 0 Å². The highest BCUT2D eigenvalue weighted by atomic mass is 79.9. The molecule has 1 aliphatic carbocycles. The molecule has 82 valence electrons. The third-order valence-corrected chi connectivity index (χ3v) is 4.76. The van der Waals surface area contributed by atoms with E-state index in [-0.39, 0.29) is 0 Å². The minimum atomic E-state index is 0.641. The lowest BCUT2D eigenvalue weighted by Crippen LogP contribution is -2.29. The quantitative estimate of drug-likeness (QED) is 0.704. The molecule has 0 aromatic carbocycles. The van der Waals surface area contributed by atoms with Gasteiger partial charge < -0.3 is 9.64 Å². The van der Waals surface area contributed by atoms with Gasteiger partial charge in [0.1, 0.15) is 0 Å². The van der Waals surface area contributed by atoms with E-state index in [1.54, 1.807) is 0 Å². The van der Waals surface area contributed by atoms with Gasteiger partial charge in [-0.2, -0.15) is 0 Å². The summed E-state index contributed by atoms with van der Waals surface area (Å²) in [5.74, 6) is 0.783. The van der Waals surface area contributed by atoms with E-state index < -0.39 is 0 Å². The van der Waals surface area contributed by atoms with Crippen LogP contribution in [0.4, 0.5) is 0 Å². The summed E-state index contributed by atoms with van der Waals surface area (Å²) in [5, 5.41) is 1.19. The number of ether oxygens (including phenoxy) is 1. The third-order valence-electron chi connectivity index (χ3n) is 3.57. The zero-order chi connectivity index (χ0) is 10.0. The molecule has 1 aliphatic heterocycles. The second-order valence-electron chi connectivity index (χ2n) is 4.98. The first kappa shape index (κ1) is 10.9. The lowest BCUT2D eigenvalue weighted by Gasteiger charge is -2.21. The van der Waals surface area contributed by atoms with Crippen molar-refractivity contribution in [3.63, 3.8) is 0 Å². The fourth-order valence-corrected chi connectivity index (χ4v) is 3.15. The molecule has 2 aliphatic rings. The first-order valence-corrected chi connectivity index (χ1v) is 6.67. The topological polar surface area (TPSA) is 12.5 Å². The first-order chi connectivity index (χ1) is 6.78. The summed E-state index contributed by atoms with van der Waals surface area (Å²) in [6.45, 7) is 4.78. The van der Waals surface area contributed by atoms with E-state index in [2.05, 4.69) is 20.8 Å². The van der Waals surface area contributed by atoms with Gasteiger partial charge in [0.05, 0.1) is 6.61 Å². The molecule has 0 spiro atoms. The molecule has 14 heavy (non-hydrogen) atoms. The van der Waals surface area contributed by atoms with Gasteiger partial charge in [-0.3, -0.25) is 0 Å². The summed E-state index contributed by atoms with van der Waals surface area (Å²) in [4.78, 5) is 2.62. The lowest BCUT2D eigenvalue weighted by atomic mass is 10.1. The van der Waals surface area contributed by atoms with Crippen LogP contribution in [-0.4, -0.2) is 43.6 Å². The molecular weight excluding hydrogens is 242 g/mol. The van der Waals surface area contributed by atoms with E-state index in [1.165, 1.54) is 44.2 Å². The molecule has 1 unspecified atom stereocenters. The van der Waals surface area contributed by atoms with Crippen LogP contribution in [0.25, 0.3) is 0 Å². The largest absolute Gasteiger partial charge is 0.384 e. The summed E-state index contributed by atoms with van der Waals surface area (Å²) in [5.41, 5.74) is 0.641. The molecule has 3 heteroatoms. The van der Waals surface area contributed by atoms with E-state index in [1.807, 2.05) is 7.11 Å². The van der Waals surface area contributed by atoms with Crippen LogP contribution in [-0.2, 0) is 4.74 Å². The van der Waals surface area contributed by atoms with Crippen molar-refractivity contribution in [2.75, 3.05) is 38.7 Å². The molecular formula is C11H20BrNO. The summed E-state index contributed by atoms with van der Waals surface area (Å²) >= 11 is 3.64. The van der Waals surface area contributed by atoms with Crippen LogP contribution in [0.1, 0.15) is 19.3 Å². The average Bonchev–Trinajstić information content (AvgIpc) is 2.82. The Morgan fingerprint density at radius 1 is 1.50 bits per heavy atom. The van der Waals surface area contributed by atoms with E-state index in [9.17, 15) is 0 Å². The zero-order valence-corrected chi connectivity index (χ0v) is 10.6. The minimum absolute atomic E-state index is 0.641. The Morgan fingerprint density at radius 2 is 2.29 bits per heavy atom. The second kappa shape index (κ2) is 4.50. The summed E-state index contributed by atoms with van der Waals surface area (Å²) in [6, 6.07) is 0. The van der Waals surface area contributed by atoms with Crippen molar-refractivity contribution in [2.24, 2.45) is 11.3 Å². The average molecular weight is 262 g/mol. The van der Waals surface area contributed by atoms with Crippen molar-refractivity contribution in [1.82, 2.24) is 4.90 Å². The van der Waals surface area contributed by atoms with E-state index in [0.29, 0.717) is 5.41 Å². The molecule has 0 N–H and O–H groups in total. The Bertz CT molecular complexity index is 194. The second-order valence-corrected chi connectivity index (χ2v) is 5.54. The summed E-state index contributed by atoms with van der Waals surface area (Å²) < 4.78 is 5.21. The van der Waals surface area contributed by atoms with Gasteiger partial charge in [0.15, 0.2) is 0 Å². The van der Waals surface area contributed by atoms with Crippen LogP contribution in [0, 0.1) is 11.3 Å². The Labute approximate surface area is 95.1 Å². The highest BCUT2D eigenvalue weighted by Crippen LogP contribution is 2.48. The van der Waals surface area contributed by atoms with Crippen molar-refractivity contribution in [3.05, 3.63) is 0 Å². The molecule has 0 amide bonds. The van der Waals surface area contributed by atoms with E-state index in [0.717, 1.165) is 12.5 Å². The predicted octanol–water partition coefficient (Wildman–Crippen LogP) is 2.13. The van der Waals surface area contributed by atoms with Gasteiger partial charge in [-0.05, 0) is 37.1 Å². The summed E-state index contributed by atoms with van der Waals surface area (Å²) in [6.07, 6.45) is 4.17. The monoisotopic (exact) mass is 261 g/mol. The molecule has 0 bridgehead atoms. The van der Waals surface area contributed by atoms with Crippen molar-refractivity contribution in [1.29, 1.82) is 0 Å². The molecule has 0 aromatic rings. The van der Waals surface area contributed by atoms with Crippen LogP contribution in [0.15, 0.2) is 0 Å². The molecule has 0 aromatic heterocycles.